The number of benzene rings is 2. The monoisotopic (exact) mass is 472 g/mol. The molecule has 9 heteroatoms. The van der Waals surface area contributed by atoms with Crippen LogP contribution >= 0.6 is 0 Å². The fourth-order valence-electron chi connectivity index (χ4n) is 4.19. The Balaban J connectivity index is 1.44. The van der Waals surface area contributed by atoms with Crippen molar-refractivity contribution >= 4 is 10.9 Å². The Morgan fingerprint density at radius 1 is 1.03 bits per heavy atom. The summed E-state index contributed by atoms with van der Waals surface area (Å²) in [5, 5.41) is 13.2. The SMILES string of the molecule is Cc1ccc(C)c2[nH]c(=O)c(CN(Cc3ccco3)Cc3nnnn3Cc3ccc(F)cc3)cc12. The molecule has 0 aliphatic heterocycles. The summed E-state index contributed by atoms with van der Waals surface area (Å²) in [5.41, 5.74) is 4.40. The Bertz CT molecular complexity index is 1510. The fourth-order valence-corrected chi connectivity index (χ4v) is 4.19. The van der Waals surface area contributed by atoms with Crippen molar-refractivity contribution in [3.63, 3.8) is 0 Å². The number of aryl methyl sites for hydroxylation is 2. The van der Waals surface area contributed by atoms with Gasteiger partial charge in [-0.2, -0.15) is 0 Å². The summed E-state index contributed by atoms with van der Waals surface area (Å²) >= 11 is 0. The first-order valence-corrected chi connectivity index (χ1v) is 11.3. The molecule has 5 aromatic rings. The van der Waals surface area contributed by atoms with Crippen molar-refractivity contribution in [2.45, 2.75) is 40.0 Å². The van der Waals surface area contributed by atoms with E-state index >= 15 is 0 Å². The summed E-state index contributed by atoms with van der Waals surface area (Å²) in [5.74, 6) is 1.11. The summed E-state index contributed by atoms with van der Waals surface area (Å²) in [4.78, 5) is 18.1. The summed E-state index contributed by atoms with van der Waals surface area (Å²) in [6.45, 7) is 5.67. The van der Waals surface area contributed by atoms with E-state index in [-0.39, 0.29) is 11.4 Å². The molecule has 0 radical (unpaired) electrons. The maximum atomic E-state index is 13.3. The van der Waals surface area contributed by atoms with Crippen LogP contribution in [0.15, 0.2) is 70.1 Å². The summed E-state index contributed by atoms with van der Waals surface area (Å²) < 4.78 is 20.5. The van der Waals surface area contributed by atoms with Gasteiger partial charge >= 0.3 is 0 Å². The second kappa shape index (κ2) is 9.63. The van der Waals surface area contributed by atoms with Crippen LogP contribution in [-0.4, -0.2) is 30.1 Å². The highest BCUT2D eigenvalue weighted by Crippen LogP contribution is 2.21. The summed E-state index contributed by atoms with van der Waals surface area (Å²) in [6.07, 6.45) is 1.63. The lowest BCUT2D eigenvalue weighted by Gasteiger charge is -2.21. The minimum Gasteiger partial charge on any atom is -0.468 e. The van der Waals surface area contributed by atoms with Crippen LogP contribution in [0.1, 0.15) is 33.8 Å². The lowest BCUT2D eigenvalue weighted by molar-refractivity contribution is 0.217. The zero-order valence-corrected chi connectivity index (χ0v) is 19.5. The van der Waals surface area contributed by atoms with Gasteiger partial charge in [-0.1, -0.05) is 24.3 Å². The topological polar surface area (TPSA) is 92.8 Å². The molecule has 0 spiro atoms. The molecule has 5 rings (SSSR count). The average molecular weight is 473 g/mol. The Morgan fingerprint density at radius 3 is 2.60 bits per heavy atom. The molecule has 2 aromatic carbocycles. The van der Waals surface area contributed by atoms with Crippen molar-refractivity contribution in [3.8, 4) is 0 Å². The van der Waals surface area contributed by atoms with Gasteiger partial charge in [-0.25, -0.2) is 9.07 Å². The van der Waals surface area contributed by atoms with E-state index in [4.69, 9.17) is 4.42 Å². The number of hydrogen-bond acceptors (Lipinski definition) is 6. The van der Waals surface area contributed by atoms with Crippen LogP contribution in [0.5, 0.6) is 0 Å². The average Bonchev–Trinajstić information content (AvgIpc) is 3.51. The molecule has 0 unspecified atom stereocenters. The second-order valence-electron chi connectivity index (χ2n) is 8.72. The first-order valence-electron chi connectivity index (χ1n) is 11.3. The quantitative estimate of drug-likeness (QED) is 0.365. The molecule has 0 saturated heterocycles. The molecular weight excluding hydrogens is 447 g/mol. The van der Waals surface area contributed by atoms with Crippen molar-refractivity contribution < 1.29 is 8.81 Å². The number of H-pyrrole nitrogens is 1. The van der Waals surface area contributed by atoms with Gasteiger partial charge in [0, 0.05) is 17.5 Å². The smallest absolute Gasteiger partial charge is 0.252 e. The van der Waals surface area contributed by atoms with Gasteiger partial charge in [0.15, 0.2) is 5.82 Å². The van der Waals surface area contributed by atoms with E-state index < -0.39 is 0 Å². The number of nitrogens with zero attached hydrogens (tertiary/aromatic N) is 5. The molecule has 0 aliphatic rings. The molecule has 0 saturated carbocycles. The van der Waals surface area contributed by atoms with Gasteiger partial charge in [0.1, 0.15) is 11.6 Å². The maximum absolute atomic E-state index is 13.3. The van der Waals surface area contributed by atoms with E-state index in [9.17, 15) is 9.18 Å². The van der Waals surface area contributed by atoms with Crippen molar-refractivity contribution in [1.29, 1.82) is 0 Å². The lowest BCUT2D eigenvalue weighted by atomic mass is 10.0. The first-order chi connectivity index (χ1) is 17.0. The van der Waals surface area contributed by atoms with E-state index in [0.29, 0.717) is 37.6 Å². The molecule has 0 fully saturated rings. The van der Waals surface area contributed by atoms with Gasteiger partial charge in [0.05, 0.1) is 31.4 Å². The predicted octanol–water partition coefficient (Wildman–Crippen LogP) is 4.11. The van der Waals surface area contributed by atoms with Crippen molar-refractivity contribution in [2.24, 2.45) is 0 Å². The largest absolute Gasteiger partial charge is 0.468 e. The van der Waals surface area contributed by atoms with Crippen molar-refractivity contribution in [2.75, 3.05) is 0 Å². The Morgan fingerprint density at radius 2 is 1.83 bits per heavy atom. The number of pyridine rings is 1. The Labute approximate surface area is 201 Å². The van der Waals surface area contributed by atoms with E-state index in [1.54, 1.807) is 23.1 Å². The summed E-state index contributed by atoms with van der Waals surface area (Å²) in [6, 6.07) is 16.0. The fraction of sp³-hybridized carbons (Fsp3) is 0.231. The number of furan rings is 1. The highest BCUT2D eigenvalue weighted by atomic mass is 19.1. The number of hydrogen-bond donors (Lipinski definition) is 1. The molecule has 0 aliphatic carbocycles. The molecule has 35 heavy (non-hydrogen) atoms. The van der Waals surface area contributed by atoms with Gasteiger partial charge in [0.25, 0.3) is 5.56 Å². The number of nitrogens with one attached hydrogen (secondary N) is 1. The van der Waals surface area contributed by atoms with Crippen molar-refractivity contribution in [3.05, 3.63) is 111 Å². The van der Waals surface area contributed by atoms with E-state index in [1.165, 1.54) is 12.1 Å². The van der Waals surface area contributed by atoms with Crippen LogP contribution in [0.3, 0.4) is 0 Å². The Kier molecular flexibility index (Phi) is 6.24. The number of aromatic amines is 1. The van der Waals surface area contributed by atoms with Gasteiger partial charge in [-0.15, -0.1) is 5.10 Å². The van der Waals surface area contributed by atoms with E-state index in [1.807, 2.05) is 38.1 Å². The lowest BCUT2D eigenvalue weighted by Crippen LogP contribution is -2.28. The van der Waals surface area contributed by atoms with Crippen LogP contribution in [-0.2, 0) is 26.2 Å². The zero-order valence-electron chi connectivity index (χ0n) is 19.5. The van der Waals surface area contributed by atoms with Crippen molar-refractivity contribution in [1.82, 2.24) is 30.1 Å². The predicted molar refractivity (Wildman–Crippen MR) is 129 cm³/mol. The number of aromatic nitrogens is 5. The molecule has 3 heterocycles. The highest BCUT2D eigenvalue weighted by Gasteiger charge is 2.17. The molecular formula is C26H25FN6O2. The number of fused-ring (bicyclic) bond motifs is 1. The van der Waals surface area contributed by atoms with Gasteiger partial charge in [-0.3, -0.25) is 9.69 Å². The third kappa shape index (κ3) is 5.04. The van der Waals surface area contributed by atoms with Crippen LogP contribution in [0.25, 0.3) is 10.9 Å². The Hall–Kier alpha value is -4.11. The number of rotatable bonds is 8. The molecule has 1 N–H and O–H groups in total. The standard InChI is InChI=1S/C26H25FN6O2/c1-17-5-6-18(2)25-23(17)12-20(26(34)28-25)14-32(15-22-4-3-11-35-22)16-24-29-30-31-33(24)13-19-7-9-21(27)10-8-19/h3-12H,13-16H2,1-2H3,(H,28,34). The highest BCUT2D eigenvalue weighted by molar-refractivity contribution is 5.85. The maximum Gasteiger partial charge on any atom is 0.252 e. The van der Waals surface area contributed by atoms with Crippen LogP contribution in [0.2, 0.25) is 0 Å². The van der Waals surface area contributed by atoms with Crippen LogP contribution in [0, 0.1) is 19.7 Å². The normalized spacial score (nSPS) is 11.5. The van der Waals surface area contributed by atoms with Crippen LogP contribution in [0.4, 0.5) is 4.39 Å². The molecule has 0 bridgehead atoms. The molecule has 3 aromatic heterocycles. The third-order valence-corrected chi connectivity index (χ3v) is 6.09. The molecule has 0 amide bonds. The molecule has 8 nitrogen and oxygen atoms in total. The van der Waals surface area contributed by atoms with Crippen LogP contribution < -0.4 is 5.56 Å². The summed E-state index contributed by atoms with van der Waals surface area (Å²) in [7, 11) is 0. The minimum atomic E-state index is -0.290. The first kappa shape index (κ1) is 22.7. The van der Waals surface area contributed by atoms with E-state index in [0.717, 1.165) is 33.4 Å². The molecule has 0 atom stereocenters. The minimum absolute atomic E-state index is 0.124. The van der Waals surface area contributed by atoms with E-state index in [2.05, 4.69) is 31.5 Å². The number of tetrazole rings is 1. The van der Waals surface area contributed by atoms with Gasteiger partial charge in [0.2, 0.25) is 0 Å². The zero-order chi connectivity index (χ0) is 24.4. The van der Waals surface area contributed by atoms with Gasteiger partial charge < -0.3 is 9.40 Å². The third-order valence-electron chi connectivity index (χ3n) is 6.09. The van der Waals surface area contributed by atoms with Gasteiger partial charge in [-0.05, 0) is 71.3 Å². The number of halogens is 1. The molecule has 178 valence electrons. The second-order valence-corrected chi connectivity index (χ2v) is 8.72.